The van der Waals surface area contributed by atoms with Crippen molar-refractivity contribution in [2.45, 2.75) is 50.0 Å². The Morgan fingerprint density at radius 3 is 2.85 bits per heavy atom. The number of aromatic amines is 1. The molecule has 2 N–H and O–H groups in total. The third-order valence-electron chi connectivity index (χ3n) is 3.69. The molecule has 0 aliphatic carbocycles. The fourth-order valence-electron chi connectivity index (χ4n) is 2.69. The number of hydrogen-bond acceptors (Lipinski definition) is 3. The highest BCUT2D eigenvalue weighted by atomic mass is 32.2. The zero-order chi connectivity index (χ0) is 14.8. The van der Waals surface area contributed by atoms with Gasteiger partial charge in [0, 0.05) is 18.8 Å². The number of carboxylic acids is 1. The van der Waals surface area contributed by atoms with Gasteiger partial charge in [-0.15, -0.1) is 0 Å². The fourth-order valence-corrected chi connectivity index (χ4v) is 4.41. The molecule has 0 bridgehead atoms. The van der Waals surface area contributed by atoms with Crippen molar-refractivity contribution in [3.05, 3.63) is 18.0 Å². The van der Waals surface area contributed by atoms with E-state index in [0.29, 0.717) is 6.54 Å². The summed E-state index contributed by atoms with van der Waals surface area (Å²) >= 11 is 0. The van der Waals surface area contributed by atoms with Crippen molar-refractivity contribution < 1.29 is 18.3 Å². The first kappa shape index (κ1) is 15.1. The van der Waals surface area contributed by atoms with E-state index in [-0.39, 0.29) is 16.6 Å². The van der Waals surface area contributed by atoms with Crippen LogP contribution in [0, 0.1) is 0 Å². The van der Waals surface area contributed by atoms with E-state index < -0.39 is 16.0 Å². The molecule has 2 rings (SSSR count). The standard InChI is InChI=1S/C13H20N2O4S/c1-2-5-10-6-3-4-7-15(10)20(18,19)11-8-12(13(16)17)14-9-11/h8-10,14H,2-7H2,1H3,(H,16,17). The van der Waals surface area contributed by atoms with Crippen LogP contribution < -0.4 is 0 Å². The molecule has 1 atom stereocenters. The summed E-state index contributed by atoms with van der Waals surface area (Å²) in [6.45, 7) is 2.55. The summed E-state index contributed by atoms with van der Waals surface area (Å²) in [6.07, 6.45) is 5.82. The summed E-state index contributed by atoms with van der Waals surface area (Å²) in [5.74, 6) is -1.16. The number of nitrogens with one attached hydrogen (secondary N) is 1. The van der Waals surface area contributed by atoms with Crippen LogP contribution in [0.3, 0.4) is 0 Å². The minimum absolute atomic E-state index is 0.0296. The molecular formula is C13H20N2O4S. The van der Waals surface area contributed by atoms with Gasteiger partial charge in [-0.1, -0.05) is 19.8 Å². The molecule has 1 aromatic heterocycles. The van der Waals surface area contributed by atoms with Gasteiger partial charge in [0.1, 0.15) is 10.6 Å². The Labute approximate surface area is 118 Å². The van der Waals surface area contributed by atoms with Crippen molar-refractivity contribution >= 4 is 16.0 Å². The molecule has 0 saturated carbocycles. The lowest BCUT2D eigenvalue weighted by molar-refractivity contribution is 0.0691. The zero-order valence-corrected chi connectivity index (χ0v) is 12.3. The van der Waals surface area contributed by atoms with Crippen molar-refractivity contribution in [2.24, 2.45) is 0 Å². The lowest BCUT2D eigenvalue weighted by atomic mass is 10.0. The number of piperidine rings is 1. The molecule has 112 valence electrons. The molecule has 0 spiro atoms. The van der Waals surface area contributed by atoms with Crippen molar-refractivity contribution in [1.29, 1.82) is 0 Å². The highest BCUT2D eigenvalue weighted by molar-refractivity contribution is 7.89. The topological polar surface area (TPSA) is 90.5 Å². The predicted octanol–water partition coefficient (Wildman–Crippen LogP) is 2.06. The van der Waals surface area contributed by atoms with Gasteiger partial charge >= 0.3 is 5.97 Å². The molecule has 0 aromatic carbocycles. The van der Waals surface area contributed by atoms with Crippen LogP contribution >= 0.6 is 0 Å². The fraction of sp³-hybridized carbons (Fsp3) is 0.615. The second-order valence-corrected chi connectivity index (χ2v) is 7.00. The third-order valence-corrected chi connectivity index (χ3v) is 5.62. The number of hydrogen-bond donors (Lipinski definition) is 2. The van der Waals surface area contributed by atoms with Gasteiger partial charge in [-0.25, -0.2) is 13.2 Å². The highest BCUT2D eigenvalue weighted by Gasteiger charge is 2.33. The maximum Gasteiger partial charge on any atom is 0.352 e. The predicted molar refractivity (Wildman–Crippen MR) is 74.2 cm³/mol. The minimum Gasteiger partial charge on any atom is -0.477 e. The Kier molecular flexibility index (Phi) is 4.49. The van der Waals surface area contributed by atoms with Gasteiger partial charge in [-0.2, -0.15) is 4.31 Å². The van der Waals surface area contributed by atoms with E-state index >= 15 is 0 Å². The molecule has 2 heterocycles. The average molecular weight is 300 g/mol. The quantitative estimate of drug-likeness (QED) is 0.870. The van der Waals surface area contributed by atoms with Crippen molar-refractivity contribution in [2.75, 3.05) is 6.54 Å². The van der Waals surface area contributed by atoms with Gasteiger partial charge < -0.3 is 10.1 Å². The van der Waals surface area contributed by atoms with Gasteiger partial charge in [0.05, 0.1) is 0 Å². The molecule has 1 fully saturated rings. The van der Waals surface area contributed by atoms with Crippen LogP contribution in [0.15, 0.2) is 17.2 Å². The zero-order valence-electron chi connectivity index (χ0n) is 11.5. The molecular weight excluding hydrogens is 280 g/mol. The molecule has 1 saturated heterocycles. The van der Waals surface area contributed by atoms with Gasteiger partial charge in [0.25, 0.3) is 0 Å². The monoisotopic (exact) mass is 300 g/mol. The number of rotatable bonds is 5. The van der Waals surface area contributed by atoms with Gasteiger partial charge in [0.15, 0.2) is 0 Å². The molecule has 7 heteroatoms. The van der Waals surface area contributed by atoms with Crippen LogP contribution in [0.4, 0.5) is 0 Å². The minimum atomic E-state index is -3.61. The van der Waals surface area contributed by atoms with E-state index in [9.17, 15) is 13.2 Å². The first-order valence-electron chi connectivity index (χ1n) is 6.90. The Balaban J connectivity index is 2.29. The van der Waals surface area contributed by atoms with Crippen molar-refractivity contribution in [1.82, 2.24) is 9.29 Å². The van der Waals surface area contributed by atoms with E-state index in [1.807, 2.05) is 6.92 Å². The summed E-state index contributed by atoms with van der Waals surface area (Å²) < 4.78 is 26.8. The first-order valence-corrected chi connectivity index (χ1v) is 8.34. The van der Waals surface area contributed by atoms with E-state index in [0.717, 1.165) is 32.1 Å². The smallest absolute Gasteiger partial charge is 0.352 e. The lowest BCUT2D eigenvalue weighted by Gasteiger charge is -2.34. The van der Waals surface area contributed by atoms with Crippen molar-refractivity contribution in [3.8, 4) is 0 Å². The van der Waals surface area contributed by atoms with Gasteiger partial charge in [0.2, 0.25) is 10.0 Å². The Hall–Kier alpha value is -1.34. The Morgan fingerprint density at radius 1 is 1.50 bits per heavy atom. The third kappa shape index (κ3) is 2.88. The molecule has 0 radical (unpaired) electrons. The number of sulfonamides is 1. The summed E-state index contributed by atoms with van der Waals surface area (Å²) in [4.78, 5) is 13.4. The molecule has 20 heavy (non-hydrogen) atoms. The van der Waals surface area contributed by atoms with E-state index in [1.165, 1.54) is 16.6 Å². The molecule has 1 aliphatic heterocycles. The number of aromatic carboxylic acids is 1. The highest BCUT2D eigenvalue weighted by Crippen LogP contribution is 2.28. The van der Waals surface area contributed by atoms with Crippen molar-refractivity contribution in [3.63, 3.8) is 0 Å². The molecule has 1 aromatic rings. The summed E-state index contributed by atoms with van der Waals surface area (Å²) in [5, 5.41) is 8.87. The van der Waals surface area contributed by atoms with Crippen LogP contribution in [-0.2, 0) is 10.0 Å². The van der Waals surface area contributed by atoms with Crippen LogP contribution in [0.5, 0.6) is 0 Å². The number of nitrogens with zero attached hydrogens (tertiary/aromatic N) is 1. The summed E-state index contributed by atoms with van der Waals surface area (Å²) in [5.41, 5.74) is -0.104. The van der Waals surface area contributed by atoms with Crippen LogP contribution in [0.1, 0.15) is 49.5 Å². The van der Waals surface area contributed by atoms with Crippen LogP contribution in [0.25, 0.3) is 0 Å². The van der Waals surface area contributed by atoms with Crippen LogP contribution in [-0.4, -0.2) is 41.4 Å². The van der Waals surface area contributed by atoms with E-state index in [1.54, 1.807) is 0 Å². The summed E-state index contributed by atoms with van der Waals surface area (Å²) in [6, 6.07) is 1.22. The molecule has 1 unspecified atom stereocenters. The number of H-pyrrole nitrogens is 1. The number of aromatic nitrogens is 1. The van der Waals surface area contributed by atoms with Gasteiger partial charge in [-0.3, -0.25) is 0 Å². The normalized spacial score (nSPS) is 20.9. The first-order chi connectivity index (χ1) is 9.46. The van der Waals surface area contributed by atoms with Crippen LogP contribution in [0.2, 0.25) is 0 Å². The Bertz CT molecular complexity index is 577. The average Bonchev–Trinajstić information content (AvgIpc) is 2.90. The second kappa shape index (κ2) is 5.97. The molecule has 6 nitrogen and oxygen atoms in total. The second-order valence-electron chi connectivity index (χ2n) is 5.11. The number of carboxylic acid groups (broad SMARTS) is 1. The number of carbonyl (C=O) groups is 1. The lowest BCUT2D eigenvalue weighted by Crippen LogP contribution is -2.43. The molecule has 1 aliphatic rings. The van der Waals surface area contributed by atoms with Gasteiger partial charge in [-0.05, 0) is 25.3 Å². The SMILES string of the molecule is CCCC1CCCCN1S(=O)(=O)c1c[nH]c(C(=O)O)c1. The van der Waals surface area contributed by atoms with E-state index in [4.69, 9.17) is 5.11 Å². The maximum atomic E-state index is 12.6. The summed E-state index contributed by atoms with van der Waals surface area (Å²) in [7, 11) is -3.61. The maximum absolute atomic E-state index is 12.6. The molecule has 0 amide bonds. The Morgan fingerprint density at radius 2 is 2.25 bits per heavy atom. The van der Waals surface area contributed by atoms with E-state index in [2.05, 4.69) is 4.98 Å². The largest absolute Gasteiger partial charge is 0.477 e.